The molecule has 1 N–H and O–H groups in total. The van der Waals surface area contributed by atoms with Crippen molar-refractivity contribution in [2.45, 2.75) is 17.8 Å². The number of rotatable bonds is 4. The van der Waals surface area contributed by atoms with E-state index in [2.05, 4.69) is 9.97 Å². The standard InChI is InChI=1S/C13H12N2O2S/c1-9-6-14-13(15-7-9)18-8-10-2-4-11(5-3-10)12(16)17/h2-7H,8H2,1H3,(H,16,17). The molecule has 0 atom stereocenters. The smallest absolute Gasteiger partial charge is 0.335 e. The van der Waals surface area contributed by atoms with E-state index in [1.165, 1.54) is 11.8 Å². The first-order valence-electron chi connectivity index (χ1n) is 5.39. The Bertz CT molecular complexity index is 538. The zero-order valence-electron chi connectivity index (χ0n) is 9.83. The van der Waals surface area contributed by atoms with Crippen LogP contribution in [0, 0.1) is 6.92 Å². The topological polar surface area (TPSA) is 63.1 Å². The van der Waals surface area contributed by atoms with Crippen molar-refractivity contribution in [3.8, 4) is 0 Å². The molecule has 1 aromatic heterocycles. The van der Waals surface area contributed by atoms with Crippen LogP contribution in [0.5, 0.6) is 0 Å². The number of aryl methyl sites for hydroxylation is 1. The minimum atomic E-state index is -0.906. The Morgan fingerprint density at radius 3 is 2.39 bits per heavy atom. The van der Waals surface area contributed by atoms with Crippen LogP contribution >= 0.6 is 11.8 Å². The third-order valence-electron chi connectivity index (χ3n) is 2.33. The van der Waals surface area contributed by atoms with Crippen molar-refractivity contribution in [1.29, 1.82) is 0 Å². The van der Waals surface area contributed by atoms with Crippen LogP contribution in [-0.2, 0) is 5.75 Å². The Hall–Kier alpha value is -1.88. The van der Waals surface area contributed by atoms with E-state index in [0.29, 0.717) is 5.56 Å². The number of benzene rings is 1. The van der Waals surface area contributed by atoms with Gasteiger partial charge in [0.25, 0.3) is 0 Å². The highest BCUT2D eigenvalue weighted by atomic mass is 32.2. The number of carboxylic acids is 1. The normalized spacial score (nSPS) is 10.3. The summed E-state index contributed by atoms with van der Waals surface area (Å²) in [5, 5.41) is 9.51. The van der Waals surface area contributed by atoms with Crippen molar-refractivity contribution in [3.05, 3.63) is 53.3 Å². The summed E-state index contributed by atoms with van der Waals surface area (Å²) in [4.78, 5) is 19.1. The predicted molar refractivity (Wildman–Crippen MR) is 69.7 cm³/mol. The number of nitrogens with zero attached hydrogens (tertiary/aromatic N) is 2. The number of hydrogen-bond acceptors (Lipinski definition) is 4. The number of carbonyl (C=O) groups is 1. The highest BCUT2D eigenvalue weighted by Gasteiger charge is 2.03. The second kappa shape index (κ2) is 5.64. The van der Waals surface area contributed by atoms with Crippen molar-refractivity contribution in [1.82, 2.24) is 9.97 Å². The first-order chi connectivity index (χ1) is 8.65. The monoisotopic (exact) mass is 260 g/mol. The summed E-state index contributed by atoms with van der Waals surface area (Å²) in [5.41, 5.74) is 2.38. The molecule has 0 spiro atoms. The van der Waals surface area contributed by atoms with Crippen LogP contribution in [0.1, 0.15) is 21.5 Å². The number of carboxylic acid groups (broad SMARTS) is 1. The van der Waals surface area contributed by atoms with Gasteiger partial charge in [0.1, 0.15) is 0 Å². The summed E-state index contributed by atoms with van der Waals surface area (Å²) in [5.74, 6) is -0.181. The largest absolute Gasteiger partial charge is 0.478 e. The molecule has 5 heteroatoms. The molecule has 0 unspecified atom stereocenters. The van der Waals surface area contributed by atoms with Crippen LogP contribution in [-0.4, -0.2) is 21.0 Å². The summed E-state index contributed by atoms with van der Waals surface area (Å²) in [6.07, 6.45) is 3.56. The van der Waals surface area contributed by atoms with E-state index in [0.717, 1.165) is 22.0 Å². The van der Waals surface area contributed by atoms with Crippen molar-refractivity contribution in [2.24, 2.45) is 0 Å². The van der Waals surface area contributed by atoms with E-state index in [4.69, 9.17) is 5.11 Å². The zero-order chi connectivity index (χ0) is 13.0. The average molecular weight is 260 g/mol. The molecule has 0 aliphatic heterocycles. The number of thioether (sulfide) groups is 1. The molecule has 1 heterocycles. The van der Waals surface area contributed by atoms with Crippen LogP contribution in [0.4, 0.5) is 0 Å². The molecule has 0 saturated heterocycles. The molecule has 92 valence electrons. The lowest BCUT2D eigenvalue weighted by molar-refractivity contribution is 0.0697. The van der Waals surface area contributed by atoms with Gasteiger partial charge in [0.05, 0.1) is 5.56 Å². The Balaban J connectivity index is 1.97. The second-order valence-electron chi connectivity index (χ2n) is 3.83. The fraction of sp³-hybridized carbons (Fsp3) is 0.154. The molecule has 0 saturated carbocycles. The molecule has 0 aliphatic carbocycles. The second-order valence-corrected chi connectivity index (χ2v) is 4.78. The van der Waals surface area contributed by atoms with Crippen LogP contribution < -0.4 is 0 Å². The maximum atomic E-state index is 10.7. The summed E-state index contributed by atoms with van der Waals surface area (Å²) in [6.45, 7) is 1.94. The van der Waals surface area contributed by atoms with Gasteiger partial charge in [-0.25, -0.2) is 14.8 Å². The van der Waals surface area contributed by atoms with E-state index in [1.54, 1.807) is 24.5 Å². The van der Waals surface area contributed by atoms with E-state index in [1.807, 2.05) is 19.1 Å². The van der Waals surface area contributed by atoms with Gasteiger partial charge in [0.2, 0.25) is 0 Å². The lowest BCUT2D eigenvalue weighted by atomic mass is 10.1. The molecule has 0 amide bonds. The van der Waals surface area contributed by atoms with Crippen LogP contribution in [0.3, 0.4) is 0 Å². The fourth-order valence-corrected chi connectivity index (χ4v) is 2.09. The first kappa shape index (κ1) is 12.6. The Kier molecular flexibility index (Phi) is 3.94. The molecule has 0 aliphatic rings. The van der Waals surface area contributed by atoms with Crippen LogP contribution in [0.25, 0.3) is 0 Å². The molecular weight excluding hydrogens is 248 g/mol. The number of aromatic nitrogens is 2. The summed E-state index contributed by atoms with van der Waals surface area (Å²) in [6, 6.07) is 6.83. The van der Waals surface area contributed by atoms with Gasteiger partial charge in [-0.05, 0) is 30.2 Å². The van der Waals surface area contributed by atoms with Crippen molar-refractivity contribution >= 4 is 17.7 Å². The molecule has 2 rings (SSSR count). The SMILES string of the molecule is Cc1cnc(SCc2ccc(C(=O)O)cc2)nc1. The quantitative estimate of drug-likeness (QED) is 0.676. The van der Waals surface area contributed by atoms with Gasteiger partial charge in [-0.2, -0.15) is 0 Å². The Morgan fingerprint density at radius 2 is 1.83 bits per heavy atom. The lowest BCUT2D eigenvalue weighted by Crippen LogP contribution is -1.95. The van der Waals surface area contributed by atoms with E-state index >= 15 is 0 Å². The maximum Gasteiger partial charge on any atom is 0.335 e. The zero-order valence-corrected chi connectivity index (χ0v) is 10.6. The summed E-state index contributed by atoms with van der Waals surface area (Å²) < 4.78 is 0. The number of aromatic carboxylic acids is 1. The highest BCUT2D eigenvalue weighted by molar-refractivity contribution is 7.98. The van der Waals surface area contributed by atoms with E-state index < -0.39 is 5.97 Å². The van der Waals surface area contributed by atoms with Crippen LogP contribution in [0.15, 0.2) is 41.8 Å². The molecule has 2 aromatic rings. The minimum absolute atomic E-state index is 0.301. The van der Waals surface area contributed by atoms with E-state index in [9.17, 15) is 4.79 Å². The van der Waals surface area contributed by atoms with Crippen molar-refractivity contribution in [3.63, 3.8) is 0 Å². The van der Waals surface area contributed by atoms with Gasteiger partial charge in [0, 0.05) is 18.1 Å². The third kappa shape index (κ3) is 3.30. The molecule has 18 heavy (non-hydrogen) atoms. The third-order valence-corrected chi connectivity index (χ3v) is 3.27. The first-order valence-corrected chi connectivity index (χ1v) is 6.37. The van der Waals surface area contributed by atoms with Gasteiger partial charge >= 0.3 is 5.97 Å². The Morgan fingerprint density at radius 1 is 1.22 bits per heavy atom. The molecule has 0 bridgehead atoms. The minimum Gasteiger partial charge on any atom is -0.478 e. The maximum absolute atomic E-state index is 10.7. The van der Waals surface area contributed by atoms with Crippen molar-refractivity contribution < 1.29 is 9.90 Å². The van der Waals surface area contributed by atoms with Gasteiger partial charge < -0.3 is 5.11 Å². The predicted octanol–water partition coefficient (Wildman–Crippen LogP) is 2.78. The fourth-order valence-electron chi connectivity index (χ4n) is 1.35. The van der Waals surface area contributed by atoms with Gasteiger partial charge in [-0.3, -0.25) is 0 Å². The number of hydrogen-bond donors (Lipinski definition) is 1. The lowest BCUT2D eigenvalue weighted by Gasteiger charge is -2.01. The molecule has 0 fully saturated rings. The molecule has 0 radical (unpaired) electrons. The summed E-state index contributed by atoms with van der Waals surface area (Å²) >= 11 is 1.53. The molecular formula is C13H12N2O2S. The van der Waals surface area contributed by atoms with Crippen LogP contribution in [0.2, 0.25) is 0 Å². The van der Waals surface area contributed by atoms with Crippen molar-refractivity contribution in [2.75, 3.05) is 0 Å². The van der Waals surface area contributed by atoms with Gasteiger partial charge in [0.15, 0.2) is 5.16 Å². The van der Waals surface area contributed by atoms with Gasteiger partial charge in [-0.1, -0.05) is 23.9 Å². The highest BCUT2D eigenvalue weighted by Crippen LogP contribution is 2.19. The molecule has 4 nitrogen and oxygen atoms in total. The Labute approximate surface area is 109 Å². The summed E-state index contributed by atoms with van der Waals surface area (Å²) in [7, 11) is 0. The average Bonchev–Trinajstić information content (AvgIpc) is 2.38. The van der Waals surface area contributed by atoms with Gasteiger partial charge in [-0.15, -0.1) is 0 Å². The van der Waals surface area contributed by atoms with E-state index in [-0.39, 0.29) is 0 Å². The molecule has 1 aromatic carbocycles.